The number of rotatable bonds is 7. The molecule has 0 aliphatic heterocycles. The monoisotopic (exact) mass is 397 g/mol. The van der Waals surface area contributed by atoms with Crippen LogP contribution in [0.15, 0.2) is 60.7 Å². The van der Waals surface area contributed by atoms with Crippen LogP contribution in [0.25, 0.3) is 11.1 Å². The van der Waals surface area contributed by atoms with Gasteiger partial charge in [-0.2, -0.15) is 4.39 Å². The number of carbonyl (C=O) groups excluding carboxylic acids is 1. The van der Waals surface area contributed by atoms with E-state index in [9.17, 15) is 9.18 Å². The van der Waals surface area contributed by atoms with Crippen LogP contribution >= 0.6 is 11.6 Å². The van der Waals surface area contributed by atoms with Gasteiger partial charge in [-0.05, 0) is 53.8 Å². The maximum atomic E-state index is 13.7. The molecule has 0 bridgehead atoms. The van der Waals surface area contributed by atoms with Gasteiger partial charge in [0.25, 0.3) is 5.95 Å². The van der Waals surface area contributed by atoms with E-state index in [1.54, 1.807) is 12.1 Å². The largest absolute Gasteiger partial charge is 0.418 e. The zero-order valence-electron chi connectivity index (χ0n) is 15.6. The minimum absolute atomic E-state index is 0.00182. The number of unbranched alkanes of at least 4 members (excludes halogenated alkanes) is 2. The van der Waals surface area contributed by atoms with Crippen LogP contribution < -0.4 is 4.74 Å². The second-order valence-electron chi connectivity index (χ2n) is 6.54. The molecule has 0 N–H and O–H groups in total. The summed E-state index contributed by atoms with van der Waals surface area (Å²) in [6.07, 6.45) is 4.76. The molecule has 1 aromatic heterocycles. The molecule has 0 saturated carbocycles. The Bertz CT molecular complexity index is 940. The second kappa shape index (κ2) is 9.47. The molecule has 0 aliphatic carbocycles. The molecule has 28 heavy (non-hydrogen) atoms. The fourth-order valence-electron chi connectivity index (χ4n) is 2.88. The van der Waals surface area contributed by atoms with Crippen LogP contribution in [0.3, 0.4) is 0 Å². The van der Waals surface area contributed by atoms with Gasteiger partial charge in [0.15, 0.2) is 5.75 Å². The minimum atomic E-state index is -0.920. The van der Waals surface area contributed by atoms with Gasteiger partial charge < -0.3 is 4.74 Å². The summed E-state index contributed by atoms with van der Waals surface area (Å²) in [7, 11) is 0. The van der Waals surface area contributed by atoms with Crippen LogP contribution in [0.5, 0.6) is 5.75 Å². The first kappa shape index (κ1) is 20.0. The van der Waals surface area contributed by atoms with Crippen molar-refractivity contribution in [3.63, 3.8) is 0 Å². The molecule has 0 spiro atoms. The van der Waals surface area contributed by atoms with E-state index < -0.39 is 11.9 Å². The van der Waals surface area contributed by atoms with Gasteiger partial charge in [0.2, 0.25) is 0 Å². The number of halogens is 2. The van der Waals surface area contributed by atoms with E-state index in [1.807, 2.05) is 12.1 Å². The summed E-state index contributed by atoms with van der Waals surface area (Å²) < 4.78 is 18.7. The lowest BCUT2D eigenvalue weighted by atomic mass is 10.0. The molecule has 0 amide bonds. The predicted molar refractivity (Wildman–Crippen MR) is 109 cm³/mol. The van der Waals surface area contributed by atoms with Gasteiger partial charge in [-0.3, -0.25) is 0 Å². The van der Waals surface area contributed by atoms with Crippen LogP contribution in [-0.2, 0) is 6.42 Å². The fraction of sp³-hybridized carbons (Fsp3) is 0.217. The van der Waals surface area contributed by atoms with E-state index in [0.717, 1.165) is 17.5 Å². The average Bonchev–Trinajstić information content (AvgIpc) is 2.71. The summed E-state index contributed by atoms with van der Waals surface area (Å²) in [5, 5.41) is -0.00182. The third-order valence-electron chi connectivity index (χ3n) is 4.46. The zero-order chi connectivity index (χ0) is 19.9. The van der Waals surface area contributed by atoms with E-state index in [1.165, 1.54) is 37.0 Å². The molecule has 0 unspecified atom stereocenters. The Morgan fingerprint density at radius 1 is 0.964 bits per heavy atom. The van der Waals surface area contributed by atoms with E-state index >= 15 is 0 Å². The average molecular weight is 398 g/mol. The number of hydrogen-bond donors (Lipinski definition) is 0. The highest BCUT2D eigenvalue weighted by molar-refractivity contribution is 6.29. The van der Waals surface area contributed by atoms with Crippen molar-refractivity contribution in [1.82, 2.24) is 4.98 Å². The van der Waals surface area contributed by atoms with Gasteiger partial charge in [-0.15, -0.1) is 0 Å². The Morgan fingerprint density at radius 3 is 2.21 bits per heavy atom. The number of aromatic nitrogens is 1. The zero-order valence-corrected chi connectivity index (χ0v) is 16.4. The van der Waals surface area contributed by atoms with Gasteiger partial charge in [-0.1, -0.05) is 67.8 Å². The number of ether oxygens (including phenoxy) is 1. The molecule has 144 valence electrons. The number of nitrogens with zero attached hydrogens (tertiary/aromatic N) is 1. The summed E-state index contributed by atoms with van der Waals surface area (Å²) in [4.78, 5) is 15.6. The van der Waals surface area contributed by atoms with Gasteiger partial charge in [-0.25, -0.2) is 9.78 Å². The molecule has 0 aliphatic rings. The lowest BCUT2D eigenvalue weighted by molar-refractivity contribution is 0.0726. The van der Waals surface area contributed by atoms with Crippen molar-refractivity contribution in [1.29, 1.82) is 0 Å². The number of pyridine rings is 1. The summed E-state index contributed by atoms with van der Waals surface area (Å²) in [5.74, 6) is -1.82. The second-order valence-corrected chi connectivity index (χ2v) is 6.93. The van der Waals surface area contributed by atoms with E-state index in [-0.39, 0.29) is 10.9 Å². The molecule has 3 aromatic rings. The maximum Gasteiger partial charge on any atom is 0.343 e. The molecule has 0 radical (unpaired) electrons. The van der Waals surface area contributed by atoms with Gasteiger partial charge in [0, 0.05) is 0 Å². The molecule has 2 aromatic carbocycles. The Morgan fingerprint density at radius 2 is 1.61 bits per heavy atom. The smallest absolute Gasteiger partial charge is 0.343 e. The highest BCUT2D eigenvalue weighted by Gasteiger charge is 2.13. The quantitative estimate of drug-likeness (QED) is 0.260. The Balaban J connectivity index is 1.66. The summed E-state index contributed by atoms with van der Waals surface area (Å²) in [6.45, 7) is 2.20. The fourth-order valence-corrected chi connectivity index (χ4v) is 3.01. The number of hydrogen-bond acceptors (Lipinski definition) is 3. The SMILES string of the molecule is CCCCCc1ccc(-c2ccc(C(=O)Oc3ccc(Cl)nc3F)cc2)cc1. The molecule has 0 fully saturated rings. The molecule has 0 saturated heterocycles. The van der Waals surface area contributed by atoms with Crippen LogP contribution in [0.2, 0.25) is 5.15 Å². The normalized spacial score (nSPS) is 10.7. The molecular formula is C23H21ClFNO2. The third kappa shape index (κ3) is 5.17. The van der Waals surface area contributed by atoms with Crippen LogP contribution in [0.1, 0.15) is 42.1 Å². The highest BCUT2D eigenvalue weighted by atomic mass is 35.5. The van der Waals surface area contributed by atoms with Gasteiger partial charge in [0.1, 0.15) is 5.15 Å². The van der Waals surface area contributed by atoms with Crippen LogP contribution in [0.4, 0.5) is 4.39 Å². The van der Waals surface area contributed by atoms with Crippen molar-refractivity contribution in [3.8, 4) is 16.9 Å². The van der Waals surface area contributed by atoms with E-state index in [2.05, 4.69) is 36.2 Å². The minimum Gasteiger partial charge on any atom is -0.418 e. The molecule has 0 atom stereocenters. The lowest BCUT2D eigenvalue weighted by Gasteiger charge is -2.07. The van der Waals surface area contributed by atoms with Gasteiger partial charge >= 0.3 is 5.97 Å². The first-order valence-electron chi connectivity index (χ1n) is 9.30. The maximum absolute atomic E-state index is 13.7. The van der Waals surface area contributed by atoms with Crippen molar-refractivity contribution in [2.75, 3.05) is 0 Å². The molecular weight excluding hydrogens is 377 g/mol. The van der Waals surface area contributed by atoms with E-state index in [4.69, 9.17) is 16.3 Å². The van der Waals surface area contributed by atoms with Crippen molar-refractivity contribution < 1.29 is 13.9 Å². The molecule has 3 nitrogen and oxygen atoms in total. The van der Waals surface area contributed by atoms with Crippen molar-refractivity contribution >= 4 is 17.6 Å². The number of carbonyl (C=O) groups is 1. The first-order valence-corrected chi connectivity index (χ1v) is 9.68. The first-order chi connectivity index (χ1) is 13.6. The number of benzene rings is 2. The Labute approximate surface area is 169 Å². The van der Waals surface area contributed by atoms with Crippen molar-refractivity contribution in [2.24, 2.45) is 0 Å². The van der Waals surface area contributed by atoms with Crippen molar-refractivity contribution in [3.05, 3.63) is 82.9 Å². The van der Waals surface area contributed by atoms with Crippen LogP contribution in [0, 0.1) is 5.95 Å². The third-order valence-corrected chi connectivity index (χ3v) is 4.67. The van der Waals surface area contributed by atoms with Crippen LogP contribution in [-0.4, -0.2) is 11.0 Å². The summed E-state index contributed by atoms with van der Waals surface area (Å²) in [6, 6.07) is 18.1. The number of aryl methyl sites for hydroxylation is 1. The predicted octanol–water partition coefficient (Wildman–Crippen LogP) is 6.49. The molecule has 1 heterocycles. The highest BCUT2D eigenvalue weighted by Crippen LogP contribution is 2.23. The molecule has 3 rings (SSSR count). The Hall–Kier alpha value is -2.72. The topological polar surface area (TPSA) is 39.2 Å². The summed E-state index contributed by atoms with van der Waals surface area (Å²) in [5.41, 5.74) is 3.73. The van der Waals surface area contributed by atoms with Crippen molar-refractivity contribution in [2.45, 2.75) is 32.6 Å². The van der Waals surface area contributed by atoms with Gasteiger partial charge in [0.05, 0.1) is 5.56 Å². The number of esters is 1. The molecule has 5 heteroatoms. The standard InChI is InChI=1S/C23H21ClFNO2/c1-2-3-4-5-16-6-8-17(9-7-16)18-10-12-19(13-11-18)23(27)28-20-14-15-21(24)26-22(20)25/h6-15H,2-5H2,1H3. The Kier molecular flexibility index (Phi) is 6.77. The lowest BCUT2D eigenvalue weighted by Crippen LogP contribution is -2.10. The summed E-state index contributed by atoms with van der Waals surface area (Å²) >= 11 is 5.60. The van der Waals surface area contributed by atoms with E-state index in [0.29, 0.717) is 5.56 Å².